The Bertz CT molecular complexity index is 843. The van der Waals surface area contributed by atoms with Crippen LogP contribution in [0.4, 0.5) is 0 Å². The van der Waals surface area contributed by atoms with Gasteiger partial charge in [0.05, 0.1) is 17.5 Å². The minimum atomic E-state index is -0.0806. The molecule has 0 saturated heterocycles. The standard InChI is InChI=1S/C14H15N5O2/c1-4-11-10(7-15-19(11)3)14-16-13(17-21-14)9-5-6-12(20)18(2)8-9/h5-8H,4H2,1-3H3. The van der Waals surface area contributed by atoms with E-state index in [9.17, 15) is 4.79 Å². The van der Waals surface area contributed by atoms with Crippen LogP contribution in [-0.2, 0) is 20.5 Å². The van der Waals surface area contributed by atoms with Gasteiger partial charge in [-0.25, -0.2) is 0 Å². The monoisotopic (exact) mass is 285 g/mol. The van der Waals surface area contributed by atoms with Crippen molar-refractivity contribution in [3.8, 4) is 22.8 Å². The Hall–Kier alpha value is -2.70. The summed E-state index contributed by atoms with van der Waals surface area (Å²) in [6.45, 7) is 2.05. The van der Waals surface area contributed by atoms with Gasteiger partial charge in [-0.05, 0) is 12.5 Å². The third-order valence-electron chi connectivity index (χ3n) is 3.40. The van der Waals surface area contributed by atoms with E-state index in [1.165, 1.54) is 10.6 Å². The molecule has 0 aliphatic heterocycles. The normalized spacial score (nSPS) is 11.0. The summed E-state index contributed by atoms with van der Waals surface area (Å²) in [7, 11) is 3.57. The molecule has 3 aromatic heterocycles. The van der Waals surface area contributed by atoms with Crippen LogP contribution in [0, 0.1) is 0 Å². The lowest BCUT2D eigenvalue weighted by molar-refractivity contribution is 0.432. The van der Waals surface area contributed by atoms with Crippen molar-refractivity contribution in [2.75, 3.05) is 0 Å². The molecular formula is C14H15N5O2. The third-order valence-corrected chi connectivity index (χ3v) is 3.40. The topological polar surface area (TPSA) is 78.7 Å². The molecule has 0 bridgehead atoms. The number of rotatable bonds is 3. The van der Waals surface area contributed by atoms with Crippen LogP contribution in [0.15, 0.2) is 33.8 Å². The fourth-order valence-electron chi connectivity index (χ4n) is 2.24. The van der Waals surface area contributed by atoms with Crippen LogP contribution in [0.1, 0.15) is 12.6 Å². The molecule has 0 radical (unpaired) electrons. The maximum absolute atomic E-state index is 11.4. The first kappa shape index (κ1) is 13.3. The quantitative estimate of drug-likeness (QED) is 0.726. The minimum absolute atomic E-state index is 0.0806. The zero-order valence-electron chi connectivity index (χ0n) is 12.1. The fraction of sp³-hybridized carbons (Fsp3) is 0.286. The summed E-state index contributed by atoms with van der Waals surface area (Å²) >= 11 is 0. The van der Waals surface area contributed by atoms with Gasteiger partial charge in [0.25, 0.3) is 5.89 Å². The molecule has 7 heteroatoms. The number of pyridine rings is 1. The van der Waals surface area contributed by atoms with E-state index in [0.29, 0.717) is 11.7 Å². The van der Waals surface area contributed by atoms with E-state index in [0.717, 1.165) is 23.2 Å². The van der Waals surface area contributed by atoms with Crippen molar-refractivity contribution < 1.29 is 4.52 Å². The Morgan fingerprint density at radius 1 is 1.29 bits per heavy atom. The summed E-state index contributed by atoms with van der Waals surface area (Å²) < 4.78 is 8.61. The van der Waals surface area contributed by atoms with Crippen molar-refractivity contribution in [1.82, 2.24) is 24.5 Å². The molecule has 0 aliphatic rings. The van der Waals surface area contributed by atoms with Gasteiger partial charge in [0.2, 0.25) is 11.4 Å². The number of aromatic nitrogens is 5. The third kappa shape index (κ3) is 2.26. The van der Waals surface area contributed by atoms with Crippen LogP contribution in [0.3, 0.4) is 0 Å². The number of aryl methyl sites for hydroxylation is 2. The Kier molecular flexibility index (Phi) is 3.17. The van der Waals surface area contributed by atoms with Crippen molar-refractivity contribution in [2.45, 2.75) is 13.3 Å². The molecule has 3 heterocycles. The summed E-state index contributed by atoms with van der Waals surface area (Å²) in [5.41, 5.74) is 2.52. The van der Waals surface area contributed by atoms with E-state index in [1.807, 2.05) is 14.0 Å². The predicted molar refractivity (Wildman–Crippen MR) is 76.6 cm³/mol. The molecule has 7 nitrogen and oxygen atoms in total. The van der Waals surface area contributed by atoms with Gasteiger partial charge in [0, 0.05) is 31.9 Å². The smallest absolute Gasteiger partial charge is 0.261 e. The van der Waals surface area contributed by atoms with Crippen LogP contribution in [-0.4, -0.2) is 24.5 Å². The maximum Gasteiger partial charge on any atom is 0.261 e. The minimum Gasteiger partial charge on any atom is -0.333 e. The van der Waals surface area contributed by atoms with Crippen LogP contribution in [0.5, 0.6) is 0 Å². The number of hydrogen-bond acceptors (Lipinski definition) is 5. The van der Waals surface area contributed by atoms with Gasteiger partial charge in [0.1, 0.15) is 0 Å². The summed E-state index contributed by atoms with van der Waals surface area (Å²) in [5, 5.41) is 8.19. The molecule has 0 N–H and O–H groups in total. The highest BCUT2D eigenvalue weighted by molar-refractivity contribution is 5.60. The van der Waals surface area contributed by atoms with Gasteiger partial charge in [-0.1, -0.05) is 12.1 Å². The number of hydrogen-bond donors (Lipinski definition) is 0. The Morgan fingerprint density at radius 2 is 2.10 bits per heavy atom. The summed E-state index contributed by atoms with van der Waals surface area (Å²) in [6, 6.07) is 3.16. The molecule has 3 aromatic rings. The largest absolute Gasteiger partial charge is 0.333 e. The summed E-state index contributed by atoms with van der Waals surface area (Å²) in [5.74, 6) is 0.885. The second-order valence-electron chi connectivity index (χ2n) is 4.77. The molecule has 0 saturated carbocycles. The molecule has 0 atom stereocenters. The van der Waals surface area contributed by atoms with Gasteiger partial charge < -0.3 is 9.09 Å². The lowest BCUT2D eigenvalue weighted by Crippen LogP contribution is -2.14. The van der Waals surface area contributed by atoms with Crippen molar-refractivity contribution in [1.29, 1.82) is 0 Å². The van der Waals surface area contributed by atoms with Gasteiger partial charge in [-0.15, -0.1) is 0 Å². The van der Waals surface area contributed by atoms with Crippen molar-refractivity contribution in [3.63, 3.8) is 0 Å². The first-order valence-electron chi connectivity index (χ1n) is 6.62. The van der Waals surface area contributed by atoms with E-state index in [1.54, 1.807) is 30.2 Å². The lowest BCUT2D eigenvalue weighted by Gasteiger charge is -1.99. The summed E-state index contributed by atoms with van der Waals surface area (Å²) in [4.78, 5) is 15.8. The molecule has 0 spiro atoms. The first-order chi connectivity index (χ1) is 10.1. The van der Waals surface area contributed by atoms with Gasteiger partial charge in [-0.2, -0.15) is 10.1 Å². The summed E-state index contributed by atoms with van der Waals surface area (Å²) in [6.07, 6.45) is 4.22. The maximum atomic E-state index is 11.4. The highest BCUT2D eigenvalue weighted by Crippen LogP contribution is 2.24. The van der Waals surface area contributed by atoms with E-state index < -0.39 is 0 Å². The molecule has 0 aliphatic carbocycles. The zero-order chi connectivity index (χ0) is 15.0. The fourth-order valence-corrected chi connectivity index (χ4v) is 2.24. The average Bonchev–Trinajstić information content (AvgIpc) is 3.08. The number of nitrogens with zero attached hydrogens (tertiary/aromatic N) is 5. The molecule has 108 valence electrons. The zero-order valence-corrected chi connectivity index (χ0v) is 12.1. The van der Waals surface area contributed by atoms with Gasteiger partial charge in [-0.3, -0.25) is 9.48 Å². The highest BCUT2D eigenvalue weighted by Gasteiger charge is 2.16. The predicted octanol–water partition coefficient (Wildman–Crippen LogP) is 1.40. The highest BCUT2D eigenvalue weighted by atomic mass is 16.5. The van der Waals surface area contributed by atoms with Crippen molar-refractivity contribution >= 4 is 0 Å². The van der Waals surface area contributed by atoms with E-state index in [2.05, 4.69) is 15.2 Å². The SMILES string of the molecule is CCc1c(-c2nc(-c3ccc(=O)n(C)c3)no2)cnn1C. The van der Waals surface area contributed by atoms with Crippen LogP contribution in [0.25, 0.3) is 22.8 Å². The Labute approximate surface area is 120 Å². The first-order valence-corrected chi connectivity index (χ1v) is 6.62. The molecule has 0 fully saturated rings. The lowest BCUT2D eigenvalue weighted by atomic mass is 10.2. The van der Waals surface area contributed by atoms with Crippen molar-refractivity contribution in [2.24, 2.45) is 14.1 Å². The van der Waals surface area contributed by atoms with Gasteiger partial charge >= 0.3 is 0 Å². The van der Waals surface area contributed by atoms with Crippen LogP contribution in [0.2, 0.25) is 0 Å². The van der Waals surface area contributed by atoms with Gasteiger partial charge in [0.15, 0.2) is 0 Å². The molecular weight excluding hydrogens is 270 g/mol. The molecule has 0 aromatic carbocycles. The van der Waals surface area contributed by atoms with Crippen molar-refractivity contribution in [3.05, 3.63) is 40.6 Å². The molecule has 0 unspecified atom stereocenters. The second kappa shape index (κ2) is 5.01. The second-order valence-corrected chi connectivity index (χ2v) is 4.77. The molecule has 0 amide bonds. The average molecular weight is 285 g/mol. The van der Waals surface area contributed by atoms with Crippen LogP contribution < -0.4 is 5.56 Å². The van der Waals surface area contributed by atoms with Crippen LogP contribution >= 0.6 is 0 Å². The Balaban J connectivity index is 2.03. The van der Waals surface area contributed by atoms with E-state index in [-0.39, 0.29) is 5.56 Å². The van der Waals surface area contributed by atoms with E-state index >= 15 is 0 Å². The van der Waals surface area contributed by atoms with E-state index in [4.69, 9.17) is 4.52 Å². The molecule has 21 heavy (non-hydrogen) atoms. The Morgan fingerprint density at radius 3 is 2.81 bits per heavy atom. The molecule has 3 rings (SSSR count).